The van der Waals surface area contributed by atoms with Crippen LogP contribution in [0.25, 0.3) is 0 Å². The highest BCUT2D eigenvalue weighted by molar-refractivity contribution is 5.88. The molecule has 0 saturated carbocycles. The van der Waals surface area contributed by atoms with Crippen LogP contribution in [0.1, 0.15) is 36.8 Å². The van der Waals surface area contributed by atoms with Crippen LogP contribution in [-0.2, 0) is 4.74 Å². The van der Waals surface area contributed by atoms with Crippen LogP contribution in [0.5, 0.6) is 0 Å². The molecule has 1 aromatic rings. The van der Waals surface area contributed by atoms with Gasteiger partial charge in [0.2, 0.25) is 0 Å². The molecular weight excluding hydrogens is 313 g/mol. The lowest BCUT2D eigenvalue weighted by molar-refractivity contribution is -0.301. The summed E-state index contributed by atoms with van der Waals surface area (Å²) in [5, 5.41) is 6.29. The number of esters is 1. The Morgan fingerprint density at radius 1 is 1.45 bits per heavy atom. The van der Waals surface area contributed by atoms with E-state index in [0.29, 0.717) is 4.68 Å². The SMILES string of the molecule is CCOC(=O)c1cc2n(n1)[C@@H](C(F)(F)C(F)(F)F)C[C@H](C)N2. The number of rotatable bonds is 3. The summed E-state index contributed by atoms with van der Waals surface area (Å²) in [6.45, 7) is 3.04. The van der Waals surface area contributed by atoms with Crippen LogP contribution in [0.3, 0.4) is 0 Å². The second-order valence-electron chi connectivity index (χ2n) is 5.00. The monoisotopic (exact) mass is 327 g/mol. The zero-order valence-electron chi connectivity index (χ0n) is 11.7. The topological polar surface area (TPSA) is 56.2 Å². The van der Waals surface area contributed by atoms with Crippen LogP contribution >= 0.6 is 0 Å². The first-order valence-corrected chi connectivity index (χ1v) is 6.55. The van der Waals surface area contributed by atoms with Crippen LogP contribution < -0.4 is 5.32 Å². The molecule has 10 heteroatoms. The highest BCUT2D eigenvalue weighted by atomic mass is 19.4. The Kier molecular flexibility index (Phi) is 4.05. The third kappa shape index (κ3) is 2.73. The highest BCUT2D eigenvalue weighted by Gasteiger charge is 2.64. The molecule has 2 atom stereocenters. The van der Waals surface area contributed by atoms with Gasteiger partial charge in [0.25, 0.3) is 0 Å². The Balaban J connectivity index is 2.43. The summed E-state index contributed by atoms with van der Waals surface area (Å²) in [5.74, 6) is -5.92. The van der Waals surface area contributed by atoms with Gasteiger partial charge >= 0.3 is 18.1 Å². The number of alkyl halides is 5. The zero-order chi connectivity index (χ0) is 16.7. The van der Waals surface area contributed by atoms with E-state index in [2.05, 4.69) is 15.2 Å². The number of halogens is 5. The van der Waals surface area contributed by atoms with Crippen LogP contribution in [0.2, 0.25) is 0 Å². The molecule has 1 N–H and O–H groups in total. The van der Waals surface area contributed by atoms with Crippen molar-refractivity contribution in [1.82, 2.24) is 9.78 Å². The fourth-order valence-corrected chi connectivity index (χ4v) is 2.28. The standard InChI is InChI=1S/C12H14F5N3O2/c1-3-22-10(21)7-5-9-18-6(2)4-8(20(9)19-7)11(13,14)12(15,16)17/h5-6,8,18H,3-4H2,1-2H3/t6-,8+/m0/s1. The lowest BCUT2D eigenvalue weighted by atomic mass is 9.99. The number of hydrogen-bond donors (Lipinski definition) is 1. The average Bonchev–Trinajstić information content (AvgIpc) is 2.80. The molecular formula is C12H14F5N3O2. The van der Waals surface area contributed by atoms with Gasteiger partial charge in [-0.2, -0.15) is 27.1 Å². The molecule has 0 bridgehead atoms. The third-order valence-corrected chi connectivity index (χ3v) is 3.28. The molecule has 1 aliphatic heterocycles. The van der Waals surface area contributed by atoms with Crippen molar-refractivity contribution in [2.45, 2.75) is 44.5 Å². The number of ether oxygens (including phenoxy) is 1. The molecule has 22 heavy (non-hydrogen) atoms. The van der Waals surface area contributed by atoms with Gasteiger partial charge in [-0.05, 0) is 20.3 Å². The molecule has 0 aliphatic carbocycles. The first-order valence-electron chi connectivity index (χ1n) is 6.55. The maximum Gasteiger partial charge on any atom is 0.455 e. The van der Waals surface area contributed by atoms with E-state index in [0.717, 1.165) is 6.07 Å². The fourth-order valence-electron chi connectivity index (χ4n) is 2.28. The maximum atomic E-state index is 13.7. The van der Waals surface area contributed by atoms with E-state index >= 15 is 0 Å². The van der Waals surface area contributed by atoms with Gasteiger partial charge in [-0.1, -0.05) is 0 Å². The number of hydrogen-bond acceptors (Lipinski definition) is 4. The Hall–Kier alpha value is -1.87. The molecule has 0 amide bonds. The summed E-state index contributed by atoms with van der Waals surface area (Å²) in [6, 6.07) is -1.74. The van der Waals surface area contributed by atoms with Crippen molar-refractivity contribution in [1.29, 1.82) is 0 Å². The molecule has 0 aromatic carbocycles. The van der Waals surface area contributed by atoms with Crippen molar-refractivity contribution >= 4 is 11.8 Å². The van der Waals surface area contributed by atoms with Gasteiger partial charge in [-0.3, -0.25) is 0 Å². The number of carbonyl (C=O) groups excluding carboxylic acids is 1. The van der Waals surface area contributed by atoms with Gasteiger partial charge < -0.3 is 10.1 Å². The van der Waals surface area contributed by atoms with Gasteiger partial charge in [0, 0.05) is 12.1 Å². The first kappa shape index (κ1) is 16.5. The summed E-state index contributed by atoms with van der Waals surface area (Å²) < 4.78 is 70.4. The fraction of sp³-hybridized carbons (Fsp3) is 0.667. The molecule has 1 aromatic heterocycles. The summed E-state index contributed by atoms with van der Waals surface area (Å²) in [5.41, 5.74) is -0.318. The van der Waals surface area contributed by atoms with E-state index in [-0.39, 0.29) is 18.1 Å². The molecule has 0 radical (unpaired) electrons. The Morgan fingerprint density at radius 3 is 2.64 bits per heavy atom. The quantitative estimate of drug-likeness (QED) is 0.685. The summed E-state index contributed by atoms with van der Waals surface area (Å²) in [4.78, 5) is 11.6. The largest absolute Gasteiger partial charge is 0.461 e. The van der Waals surface area contributed by atoms with Crippen LogP contribution in [-0.4, -0.2) is 40.5 Å². The molecule has 5 nitrogen and oxygen atoms in total. The smallest absolute Gasteiger partial charge is 0.455 e. The number of nitrogens with zero attached hydrogens (tertiary/aromatic N) is 2. The first-order chi connectivity index (χ1) is 10.1. The highest BCUT2D eigenvalue weighted by Crippen LogP contribution is 2.47. The van der Waals surface area contributed by atoms with Gasteiger partial charge in [0.1, 0.15) is 11.9 Å². The van der Waals surface area contributed by atoms with E-state index < -0.39 is 36.6 Å². The van der Waals surface area contributed by atoms with E-state index in [4.69, 9.17) is 0 Å². The Morgan fingerprint density at radius 2 is 2.09 bits per heavy atom. The van der Waals surface area contributed by atoms with E-state index in [1.54, 1.807) is 0 Å². The number of aromatic nitrogens is 2. The number of fused-ring (bicyclic) bond motifs is 1. The van der Waals surface area contributed by atoms with Crippen molar-refractivity contribution in [3.63, 3.8) is 0 Å². The molecule has 2 heterocycles. The maximum absolute atomic E-state index is 13.7. The Labute approximate surface area is 122 Å². The van der Waals surface area contributed by atoms with E-state index in [1.165, 1.54) is 13.8 Å². The number of nitrogens with one attached hydrogen (secondary N) is 1. The second-order valence-corrected chi connectivity index (χ2v) is 5.00. The minimum Gasteiger partial charge on any atom is -0.461 e. The number of anilines is 1. The molecule has 0 spiro atoms. The van der Waals surface area contributed by atoms with Crippen molar-refractivity contribution in [3.05, 3.63) is 11.8 Å². The van der Waals surface area contributed by atoms with Crippen LogP contribution in [0.4, 0.5) is 27.8 Å². The normalized spacial score (nSPS) is 22.0. The Bertz CT molecular complexity index is 570. The van der Waals surface area contributed by atoms with E-state index in [1.807, 2.05) is 0 Å². The zero-order valence-corrected chi connectivity index (χ0v) is 11.7. The van der Waals surface area contributed by atoms with Gasteiger partial charge in [0.15, 0.2) is 5.69 Å². The van der Waals surface area contributed by atoms with Crippen molar-refractivity contribution in [2.75, 3.05) is 11.9 Å². The summed E-state index contributed by atoms with van der Waals surface area (Å²) in [6.07, 6.45) is -6.19. The average molecular weight is 327 g/mol. The minimum atomic E-state index is -5.71. The van der Waals surface area contributed by atoms with Crippen molar-refractivity contribution in [2.24, 2.45) is 0 Å². The second kappa shape index (κ2) is 5.40. The van der Waals surface area contributed by atoms with Crippen LogP contribution in [0, 0.1) is 0 Å². The molecule has 1 aliphatic rings. The number of carbonyl (C=O) groups is 1. The minimum absolute atomic E-state index is 0.0347. The van der Waals surface area contributed by atoms with Crippen molar-refractivity contribution < 1.29 is 31.5 Å². The molecule has 2 rings (SSSR count). The van der Waals surface area contributed by atoms with Gasteiger partial charge in [-0.15, -0.1) is 0 Å². The predicted molar refractivity (Wildman–Crippen MR) is 65.9 cm³/mol. The lowest BCUT2D eigenvalue weighted by Crippen LogP contribution is -2.48. The molecule has 124 valence electrons. The lowest BCUT2D eigenvalue weighted by Gasteiger charge is -2.35. The summed E-state index contributed by atoms with van der Waals surface area (Å²) in [7, 11) is 0. The predicted octanol–water partition coefficient (Wildman–Crippen LogP) is 3.00. The van der Waals surface area contributed by atoms with Gasteiger partial charge in [-0.25, -0.2) is 9.48 Å². The molecule has 0 fully saturated rings. The van der Waals surface area contributed by atoms with Crippen molar-refractivity contribution in [3.8, 4) is 0 Å². The van der Waals surface area contributed by atoms with Gasteiger partial charge in [0.05, 0.1) is 6.61 Å². The van der Waals surface area contributed by atoms with Crippen LogP contribution in [0.15, 0.2) is 6.07 Å². The third-order valence-electron chi connectivity index (χ3n) is 3.28. The molecule has 0 saturated heterocycles. The molecule has 0 unspecified atom stereocenters. The van der Waals surface area contributed by atoms with E-state index in [9.17, 15) is 26.7 Å². The summed E-state index contributed by atoms with van der Waals surface area (Å²) >= 11 is 0.